The Morgan fingerprint density at radius 1 is 1.28 bits per heavy atom. The normalized spacial score (nSPS) is 17.6. The van der Waals surface area contributed by atoms with Gasteiger partial charge in [-0.2, -0.15) is 0 Å². The summed E-state index contributed by atoms with van der Waals surface area (Å²) < 4.78 is 13.2. The first kappa shape index (κ1) is 17.9. The molecular formula is C20H22ClFN2O. The average Bonchev–Trinajstić information content (AvgIpc) is 3.02. The van der Waals surface area contributed by atoms with Gasteiger partial charge in [-0.3, -0.25) is 4.79 Å². The Bertz CT molecular complexity index is 748. The molecule has 1 atom stereocenters. The van der Waals surface area contributed by atoms with E-state index in [1.807, 2.05) is 12.1 Å². The molecule has 0 aliphatic carbocycles. The van der Waals surface area contributed by atoms with Gasteiger partial charge in [0.15, 0.2) is 0 Å². The van der Waals surface area contributed by atoms with Crippen molar-refractivity contribution in [3.05, 3.63) is 58.9 Å². The van der Waals surface area contributed by atoms with E-state index in [0.717, 1.165) is 43.6 Å². The smallest absolute Gasteiger partial charge is 0.251 e. The van der Waals surface area contributed by atoms with Crippen LogP contribution in [0.3, 0.4) is 0 Å². The van der Waals surface area contributed by atoms with E-state index in [-0.39, 0.29) is 17.8 Å². The van der Waals surface area contributed by atoms with Crippen molar-refractivity contribution in [3.8, 4) is 11.1 Å². The van der Waals surface area contributed by atoms with Crippen LogP contribution in [0.2, 0.25) is 5.02 Å². The Kier molecular flexibility index (Phi) is 5.71. The Labute approximate surface area is 152 Å². The molecule has 132 valence electrons. The van der Waals surface area contributed by atoms with E-state index < -0.39 is 0 Å². The molecule has 0 radical (unpaired) electrons. The fourth-order valence-corrected chi connectivity index (χ4v) is 3.54. The molecule has 0 bridgehead atoms. The van der Waals surface area contributed by atoms with E-state index in [9.17, 15) is 9.18 Å². The van der Waals surface area contributed by atoms with Crippen LogP contribution in [0.25, 0.3) is 11.1 Å². The summed E-state index contributed by atoms with van der Waals surface area (Å²) in [6.45, 7) is 5.21. The Hall–Kier alpha value is -1.91. The summed E-state index contributed by atoms with van der Waals surface area (Å²) in [4.78, 5) is 14.8. The van der Waals surface area contributed by atoms with E-state index in [4.69, 9.17) is 11.6 Å². The van der Waals surface area contributed by atoms with Crippen LogP contribution in [0.15, 0.2) is 42.5 Å². The molecule has 1 amide bonds. The molecule has 0 aromatic heterocycles. The third kappa shape index (κ3) is 4.39. The fraction of sp³-hybridized carbons (Fsp3) is 0.350. The highest BCUT2D eigenvalue weighted by Crippen LogP contribution is 2.28. The van der Waals surface area contributed by atoms with Crippen molar-refractivity contribution in [2.45, 2.75) is 25.8 Å². The van der Waals surface area contributed by atoms with Crippen LogP contribution >= 0.6 is 11.6 Å². The molecule has 1 N–H and O–H groups in total. The quantitative estimate of drug-likeness (QED) is 0.859. The SMILES string of the molecule is CCCN1CCC(NC(=O)c2ccc(-c3ccc(F)cc3Cl)cc2)C1. The van der Waals surface area contributed by atoms with Crippen LogP contribution in [0, 0.1) is 5.82 Å². The summed E-state index contributed by atoms with van der Waals surface area (Å²) in [5.41, 5.74) is 2.23. The van der Waals surface area contributed by atoms with Gasteiger partial charge in [0, 0.05) is 30.3 Å². The molecule has 3 nitrogen and oxygen atoms in total. The molecule has 1 heterocycles. The molecule has 1 unspecified atom stereocenters. The van der Waals surface area contributed by atoms with E-state index in [1.165, 1.54) is 12.1 Å². The average molecular weight is 361 g/mol. The second kappa shape index (κ2) is 7.98. The van der Waals surface area contributed by atoms with Gasteiger partial charge in [-0.15, -0.1) is 0 Å². The van der Waals surface area contributed by atoms with Gasteiger partial charge in [-0.1, -0.05) is 30.7 Å². The number of benzene rings is 2. The number of likely N-dealkylation sites (tertiary alicyclic amines) is 1. The number of nitrogens with zero attached hydrogens (tertiary/aromatic N) is 1. The van der Waals surface area contributed by atoms with Crippen molar-refractivity contribution in [3.63, 3.8) is 0 Å². The first-order valence-corrected chi connectivity index (χ1v) is 9.03. The van der Waals surface area contributed by atoms with Crippen LogP contribution in [0.4, 0.5) is 4.39 Å². The monoisotopic (exact) mass is 360 g/mol. The number of amides is 1. The lowest BCUT2D eigenvalue weighted by Crippen LogP contribution is -2.37. The Morgan fingerprint density at radius 3 is 2.72 bits per heavy atom. The predicted octanol–water partition coefficient (Wildman–Crippen LogP) is 4.36. The van der Waals surface area contributed by atoms with Crippen molar-refractivity contribution < 1.29 is 9.18 Å². The van der Waals surface area contributed by atoms with Crippen LogP contribution in [-0.4, -0.2) is 36.5 Å². The molecule has 1 aliphatic rings. The first-order valence-electron chi connectivity index (χ1n) is 8.65. The summed E-state index contributed by atoms with van der Waals surface area (Å²) in [6.07, 6.45) is 2.13. The van der Waals surface area contributed by atoms with Gasteiger partial charge in [0.1, 0.15) is 5.82 Å². The number of carbonyl (C=O) groups excluding carboxylic acids is 1. The second-order valence-electron chi connectivity index (χ2n) is 6.46. The van der Waals surface area contributed by atoms with Crippen molar-refractivity contribution in [1.29, 1.82) is 0 Å². The van der Waals surface area contributed by atoms with Crippen molar-refractivity contribution >= 4 is 17.5 Å². The third-order valence-electron chi connectivity index (χ3n) is 4.54. The minimum Gasteiger partial charge on any atom is -0.348 e. The molecule has 1 aliphatic heterocycles. The van der Waals surface area contributed by atoms with Gasteiger partial charge >= 0.3 is 0 Å². The molecule has 1 saturated heterocycles. The molecule has 3 rings (SSSR count). The van der Waals surface area contributed by atoms with E-state index >= 15 is 0 Å². The van der Waals surface area contributed by atoms with Crippen molar-refractivity contribution in [2.75, 3.05) is 19.6 Å². The maximum atomic E-state index is 13.2. The molecule has 2 aromatic rings. The lowest BCUT2D eigenvalue weighted by atomic mass is 10.0. The van der Waals surface area contributed by atoms with Gasteiger partial charge in [-0.05, 0) is 55.3 Å². The Balaban J connectivity index is 1.65. The molecule has 5 heteroatoms. The van der Waals surface area contributed by atoms with Gasteiger partial charge < -0.3 is 10.2 Å². The first-order chi connectivity index (χ1) is 12.1. The highest BCUT2D eigenvalue weighted by atomic mass is 35.5. The molecule has 1 fully saturated rings. The van der Waals surface area contributed by atoms with E-state index in [1.54, 1.807) is 18.2 Å². The zero-order valence-corrected chi connectivity index (χ0v) is 15.0. The zero-order chi connectivity index (χ0) is 17.8. The van der Waals surface area contributed by atoms with Crippen LogP contribution in [-0.2, 0) is 0 Å². The van der Waals surface area contributed by atoms with Gasteiger partial charge in [-0.25, -0.2) is 4.39 Å². The number of carbonyl (C=O) groups is 1. The zero-order valence-electron chi connectivity index (χ0n) is 14.3. The molecule has 0 saturated carbocycles. The number of hydrogen-bond donors (Lipinski definition) is 1. The maximum Gasteiger partial charge on any atom is 0.251 e. The molecule has 2 aromatic carbocycles. The lowest BCUT2D eigenvalue weighted by molar-refractivity contribution is 0.0938. The summed E-state index contributed by atoms with van der Waals surface area (Å²) in [5.74, 6) is -0.418. The summed E-state index contributed by atoms with van der Waals surface area (Å²) in [6, 6.07) is 11.8. The number of rotatable bonds is 5. The van der Waals surface area contributed by atoms with E-state index in [2.05, 4.69) is 17.1 Å². The largest absolute Gasteiger partial charge is 0.348 e. The number of halogens is 2. The second-order valence-corrected chi connectivity index (χ2v) is 6.87. The molecule has 25 heavy (non-hydrogen) atoms. The highest BCUT2D eigenvalue weighted by molar-refractivity contribution is 6.33. The minimum absolute atomic E-state index is 0.0555. The third-order valence-corrected chi connectivity index (χ3v) is 4.85. The predicted molar refractivity (Wildman–Crippen MR) is 99.4 cm³/mol. The number of nitrogens with one attached hydrogen (secondary N) is 1. The topological polar surface area (TPSA) is 32.3 Å². The van der Waals surface area contributed by atoms with Gasteiger partial charge in [0.25, 0.3) is 5.91 Å². The highest BCUT2D eigenvalue weighted by Gasteiger charge is 2.23. The van der Waals surface area contributed by atoms with Crippen molar-refractivity contribution in [2.24, 2.45) is 0 Å². The summed E-state index contributed by atoms with van der Waals surface area (Å²) in [5, 5.41) is 3.47. The van der Waals surface area contributed by atoms with Gasteiger partial charge in [0.05, 0.1) is 5.02 Å². The van der Waals surface area contributed by atoms with Crippen LogP contribution in [0.5, 0.6) is 0 Å². The van der Waals surface area contributed by atoms with Crippen LogP contribution < -0.4 is 5.32 Å². The minimum atomic E-state index is -0.363. The number of hydrogen-bond acceptors (Lipinski definition) is 2. The molecular weight excluding hydrogens is 339 g/mol. The maximum absolute atomic E-state index is 13.2. The Morgan fingerprint density at radius 2 is 2.04 bits per heavy atom. The van der Waals surface area contributed by atoms with Crippen molar-refractivity contribution in [1.82, 2.24) is 10.2 Å². The summed E-state index contributed by atoms with van der Waals surface area (Å²) in [7, 11) is 0. The van der Waals surface area contributed by atoms with Crippen LogP contribution in [0.1, 0.15) is 30.1 Å². The van der Waals surface area contributed by atoms with Gasteiger partial charge in [0.2, 0.25) is 0 Å². The van der Waals surface area contributed by atoms with E-state index in [0.29, 0.717) is 10.6 Å². The molecule has 0 spiro atoms. The fourth-order valence-electron chi connectivity index (χ4n) is 3.26. The lowest BCUT2D eigenvalue weighted by Gasteiger charge is -2.15. The standard InChI is InChI=1S/C20H22ClFN2O/c1-2-10-24-11-9-17(13-24)23-20(25)15-5-3-14(4-6-15)18-8-7-16(22)12-19(18)21/h3-8,12,17H,2,9-11,13H2,1H3,(H,23,25). The summed E-state index contributed by atoms with van der Waals surface area (Å²) >= 11 is 6.10.